The fourth-order valence-electron chi connectivity index (χ4n) is 2.64. The van der Waals surface area contributed by atoms with E-state index >= 15 is 0 Å². The SMILES string of the molecule is CN(CC(=O)c1c[nH]c2ccccc12)Cc1cc(Br)ccc1F. The summed E-state index contributed by atoms with van der Waals surface area (Å²) in [5, 5.41) is 0.916. The average Bonchev–Trinajstić information content (AvgIpc) is 2.95. The number of Topliss-reactive ketones (excluding diaryl/α,β-unsaturated/α-hetero) is 1. The van der Waals surface area contributed by atoms with Gasteiger partial charge in [-0.1, -0.05) is 34.1 Å². The Hall–Kier alpha value is -1.98. The molecule has 0 aliphatic rings. The lowest BCUT2D eigenvalue weighted by Crippen LogP contribution is -2.26. The molecule has 3 rings (SSSR count). The van der Waals surface area contributed by atoms with E-state index in [4.69, 9.17) is 0 Å². The molecule has 5 heteroatoms. The van der Waals surface area contributed by atoms with Gasteiger partial charge in [0.1, 0.15) is 5.82 Å². The molecule has 3 aromatic rings. The van der Waals surface area contributed by atoms with Crippen molar-refractivity contribution in [2.75, 3.05) is 13.6 Å². The topological polar surface area (TPSA) is 36.1 Å². The van der Waals surface area contributed by atoms with Crippen LogP contribution in [0.2, 0.25) is 0 Å². The Morgan fingerprint density at radius 2 is 2.04 bits per heavy atom. The van der Waals surface area contributed by atoms with Gasteiger partial charge in [-0.15, -0.1) is 0 Å². The number of carbonyl (C=O) groups is 1. The van der Waals surface area contributed by atoms with Gasteiger partial charge in [0.25, 0.3) is 0 Å². The zero-order valence-electron chi connectivity index (χ0n) is 12.6. The van der Waals surface area contributed by atoms with Crippen LogP contribution in [0.15, 0.2) is 53.1 Å². The number of nitrogens with zero attached hydrogens (tertiary/aromatic N) is 1. The molecule has 0 aliphatic heterocycles. The number of aromatic amines is 1. The van der Waals surface area contributed by atoms with Gasteiger partial charge < -0.3 is 4.98 Å². The molecule has 1 aromatic heterocycles. The van der Waals surface area contributed by atoms with Gasteiger partial charge >= 0.3 is 0 Å². The molecule has 0 spiro atoms. The van der Waals surface area contributed by atoms with Crippen molar-refractivity contribution in [3.8, 4) is 0 Å². The number of benzene rings is 2. The summed E-state index contributed by atoms with van der Waals surface area (Å²) in [7, 11) is 1.81. The minimum absolute atomic E-state index is 0.0142. The van der Waals surface area contributed by atoms with Crippen LogP contribution in [0, 0.1) is 5.82 Å². The highest BCUT2D eigenvalue weighted by molar-refractivity contribution is 9.10. The summed E-state index contributed by atoms with van der Waals surface area (Å²) in [6, 6.07) is 12.5. The number of ketones is 1. The highest BCUT2D eigenvalue weighted by Gasteiger charge is 2.15. The largest absolute Gasteiger partial charge is 0.360 e. The van der Waals surface area contributed by atoms with E-state index in [1.54, 1.807) is 18.3 Å². The summed E-state index contributed by atoms with van der Waals surface area (Å²) < 4.78 is 14.6. The van der Waals surface area contributed by atoms with Gasteiger partial charge in [-0.3, -0.25) is 9.69 Å². The van der Waals surface area contributed by atoms with Crippen LogP contribution in [0.5, 0.6) is 0 Å². The van der Waals surface area contributed by atoms with Crippen molar-refractivity contribution < 1.29 is 9.18 Å². The van der Waals surface area contributed by atoms with Crippen LogP contribution < -0.4 is 0 Å². The smallest absolute Gasteiger partial charge is 0.178 e. The molecule has 3 nitrogen and oxygen atoms in total. The van der Waals surface area contributed by atoms with Crippen molar-refractivity contribution in [1.82, 2.24) is 9.88 Å². The predicted molar refractivity (Wildman–Crippen MR) is 93.1 cm³/mol. The van der Waals surface area contributed by atoms with Crippen molar-refractivity contribution in [3.63, 3.8) is 0 Å². The quantitative estimate of drug-likeness (QED) is 0.672. The van der Waals surface area contributed by atoms with Gasteiger partial charge in [-0.25, -0.2) is 4.39 Å². The van der Waals surface area contributed by atoms with Crippen LogP contribution in [0.3, 0.4) is 0 Å². The Balaban J connectivity index is 1.73. The third-order valence-electron chi connectivity index (χ3n) is 3.75. The number of H-pyrrole nitrogens is 1. The van der Waals surface area contributed by atoms with E-state index in [0.29, 0.717) is 17.7 Å². The van der Waals surface area contributed by atoms with E-state index in [-0.39, 0.29) is 18.1 Å². The second kappa shape index (κ2) is 6.64. The van der Waals surface area contributed by atoms with Crippen molar-refractivity contribution in [3.05, 3.63) is 70.1 Å². The molecular weight excluding hydrogens is 359 g/mol. The van der Waals surface area contributed by atoms with Crippen LogP contribution in [-0.4, -0.2) is 29.3 Å². The lowest BCUT2D eigenvalue weighted by molar-refractivity contribution is 0.0944. The van der Waals surface area contributed by atoms with Gasteiger partial charge in [-0.05, 0) is 31.3 Å². The lowest BCUT2D eigenvalue weighted by Gasteiger charge is -2.16. The Morgan fingerprint density at radius 1 is 1.26 bits per heavy atom. The first-order valence-corrected chi connectivity index (χ1v) is 8.05. The molecule has 118 valence electrons. The van der Waals surface area contributed by atoms with Crippen LogP contribution in [-0.2, 0) is 6.54 Å². The maximum absolute atomic E-state index is 13.8. The van der Waals surface area contributed by atoms with Crippen LogP contribution >= 0.6 is 15.9 Å². The minimum Gasteiger partial charge on any atom is -0.360 e. The number of carbonyl (C=O) groups excluding carboxylic acids is 1. The Labute approximate surface area is 142 Å². The van der Waals surface area contributed by atoms with Gasteiger partial charge in [-0.2, -0.15) is 0 Å². The van der Waals surface area contributed by atoms with Gasteiger partial charge in [0.15, 0.2) is 5.78 Å². The Kier molecular flexibility index (Phi) is 4.59. The lowest BCUT2D eigenvalue weighted by atomic mass is 10.1. The minimum atomic E-state index is -0.264. The molecule has 0 saturated carbocycles. The first-order chi connectivity index (χ1) is 11.0. The zero-order valence-corrected chi connectivity index (χ0v) is 14.2. The molecule has 0 fully saturated rings. The fourth-order valence-corrected chi connectivity index (χ4v) is 3.05. The summed E-state index contributed by atoms with van der Waals surface area (Å²) in [5.41, 5.74) is 2.17. The Bertz CT molecular complexity index is 859. The molecule has 0 bridgehead atoms. The second-order valence-electron chi connectivity index (χ2n) is 5.58. The molecule has 0 unspecified atom stereocenters. The third kappa shape index (κ3) is 3.51. The summed E-state index contributed by atoms with van der Waals surface area (Å²) in [4.78, 5) is 17.4. The standard InChI is InChI=1S/C18H16BrFN2O/c1-22(10-12-8-13(19)6-7-16(12)20)11-18(23)15-9-21-17-5-3-2-4-14(15)17/h2-9,21H,10-11H2,1H3. The third-order valence-corrected chi connectivity index (χ3v) is 4.24. The molecule has 1 heterocycles. The fraction of sp³-hybridized carbons (Fsp3) is 0.167. The molecular formula is C18H16BrFN2O. The number of fused-ring (bicyclic) bond motifs is 1. The highest BCUT2D eigenvalue weighted by Crippen LogP contribution is 2.20. The normalized spacial score (nSPS) is 11.3. The monoisotopic (exact) mass is 374 g/mol. The van der Waals surface area contributed by atoms with Gasteiger partial charge in [0, 0.05) is 39.2 Å². The number of para-hydroxylation sites is 1. The van der Waals surface area contributed by atoms with Gasteiger partial charge in [0.2, 0.25) is 0 Å². The van der Waals surface area contributed by atoms with Crippen molar-refractivity contribution in [1.29, 1.82) is 0 Å². The van der Waals surface area contributed by atoms with Crippen molar-refractivity contribution in [2.24, 2.45) is 0 Å². The second-order valence-corrected chi connectivity index (χ2v) is 6.49. The summed E-state index contributed by atoms with van der Waals surface area (Å²) >= 11 is 3.34. The first-order valence-electron chi connectivity index (χ1n) is 7.26. The number of halogens is 2. The van der Waals surface area contributed by atoms with E-state index in [1.165, 1.54) is 6.07 Å². The zero-order chi connectivity index (χ0) is 16.4. The van der Waals surface area contributed by atoms with Crippen molar-refractivity contribution >= 4 is 32.6 Å². The van der Waals surface area contributed by atoms with Gasteiger partial charge in [0.05, 0.1) is 6.54 Å². The van der Waals surface area contributed by atoms with E-state index in [2.05, 4.69) is 20.9 Å². The molecule has 23 heavy (non-hydrogen) atoms. The summed E-state index contributed by atoms with van der Waals surface area (Å²) in [6.45, 7) is 0.604. The number of nitrogens with one attached hydrogen (secondary N) is 1. The summed E-state index contributed by atoms with van der Waals surface area (Å²) in [6.07, 6.45) is 1.74. The highest BCUT2D eigenvalue weighted by atomic mass is 79.9. The van der Waals surface area contributed by atoms with E-state index in [9.17, 15) is 9.18 Å². The van der Waals surface area contributed by atoms with Crippen LogP contribution in [0.4, 0.5) is 4.39 Å². The first kappa shape index (κ1) is 15.9. The van der Waals surface area contributed by atoms with E-state index in [1.807, 2.05) is 36.2 Å². The molecule has 0 saturated heterocycles. The molecule has 0 radical (unpaired) electrons. The molecule has 2 aromatic carbocycles. The predicted octanol–water partition coefficient (Wildman–Crippen LogP) is 4.38. The van der Waals surface area contributed by atoms with Crippen molar-refractivity contribution in [2.45, 2.75) is 6.54 Å². The number of likely N-dealkylation sites (N-methyl/N-ethyl adjacent to an activating group) is 1. The summed E-state index contributed by atoms with van der Waals surface area (Å²) in [5.74, 6) is -0.250. The maximum atomic E-state index is 13.8. The maximum Gasteiger partial charge on any atom is 0.178 e. The number of rotatable bonds is 5. The average molecular weight is 375 g/mol. The van der Waals surface area contributed by atoms with E-state index in [0.717, 1.165) is 15.4 Å². The Morgan fingerprint density at radius 3 is 2.87 bits per heavy atom. The van der Waals surface area contributed by atoms with Crippen LogP contribution in [0.25, 0.3) is 10.9 Å². The molecule has 0 amide bonds. The molecule has 0 atom stereocenters. The van der Waals surface area contributed by atoms with E-state index < -0.39 is 0 Å². The number of aromatic nitrogens is 1. The number of hydrogen-bond donors (Lipinski definition) is 1. The number of hydrogen-bond acceptors (Lipinski definition) is 2. The molecule has 1 N–H and O–H groups in total. The molecule has 0 aliphatic carbocycles. The van der Waals surface area contributed by atoms with Crippen LogP contribution in [0.1, 0.15) is 15.9 Å².